The van der Waals surface area contributed by atoms with Gasteiger partial charge >= 0.3 is 0 Å². The van der Waals surface area contributed by atoms with Gasteiger partial charge in [0.15, 0.2) is 5.82 Å². The fraction of sp³-hybridized carbons (Fsp3) is 0. The molecular weight excluding hydrogens is 350 g/mol. The van der Waals surface area contributed by atoms with E-state index in [0.717, 1.165) is 0 Å². The van der Waals surface area contributed by atoms with E-state index in [1.165, 1.54) is 41.2 Å². The van der Waals surface area contributed by atoms with Gasteiger partial charge in [-0.3, -0.25) is 4.79 Å². The van der Waals surface area contributed by atoms with Gasteiger partial charge in [0.1, 0.15) is 17.2 Å². The van der Waals surface area contributed by atoms with Crippen LogP contribution in [0.15, 0.2) is 79.3 Å². The van der Waals surface area contributed by atoms with Crippen molar-refractivity contribution < 1.29 is 13.6 Å². The van der Waals surface area contributed by atoms with Crippen LogP contribution in [0.3, 0.4) is 0 Å². The number of carbonyl (C=O) groups is 1. The Bertz CT molecular complexity index is 1100. The lowest BCUT2D eigenvalue weighted by molar-refractivity contribution is 0.102. The highest BCUT2D eigenvalue weighted by atomic mass is 19.1. The van der Waals surface area contributed by atoms with Crippen molar-refractivity contribution in [2.24, 2.45) is 0 Å². The number of carbonyl (C=O) groups excluding carboxylic acids is 1. The SMILES string of the molecule is O=C(Nc1ccccc1F)c1cnn(-c2cccc(F)c2)c1-n1cccc1. The largest absolute Gasteiger partial charge is 0.319 e. The standard InChI is InChI=1S/C20H14F2N4O/c21-14-6-5-7-15(12-14)26-20(25-10-3-4-11-25)16(13-23-26)19(27)24-18-9-2-1-8-17(18)22/h1-13H,(H,24,27). The van der Waals surface area contributed by atoms with Crippen LogP contribution in [0, 0.1) is 11.6 Å². The number of halogens is 2. The van der Waals surface area contributed by atoms with E-state index in [1.807, 2.05) is 0 Å². The van der Waals surface area contributed by atoms with Crippen molar-refractivity contribution in [3.05, 3.63) is 96.5 Å². The van der Waals surface area contributed by atoms with Gasteiger partial charge in [-0.25, -0.2) is 13.5 Å². The van der Waals surface area contributed by atoms with E-state index in [0.29, 0.717) is 11.5 Å². The summed E-state index contributed by atoms with van der Waals surface area (Å²) in [6.07, 6.45) is 4.86. The van der Waals surface area contributed by atoms with E-state index in [-0.39, 0.29) is 11.3 Å². The number of para-hydroxylation sites is 1. The molecule has 0 unspecified atom stereocenters. The van der Waals surface area contributed by atoms with Crippen molar-refractivity contribution in [3.8, 4) is 11.5 Å². The molecule has 2 aromatic carbocycles. The summed E-state index contributed by atoms with van der Waals surface area (Å²) >= 11 is 0. The maximum absolute atomic E-state index is 13.9. The van der Waals surface area contributed by atoms with Crippen LogP contribution in [0.5, 0.6) is 0 Å². The summed E-state index contributed by atoms with van der Waals surface area (Å²) in [5.74, 6) is -1.06. The highest BCUT2D eigenvalue weighted by Crippen LogP contribution is 2.22. The second kappa shape index (κ2) is 6.87. The predicted octanol–water partition coefficient (Wildman–Crippen LogP) is 4.19. The lowest BCUT2D eigenvalue weighted by Gasteiger charge is -2.11. The van der Waals surface area contributed by atoms with Crippen molar-refractivity contribution in [2.45, 2.75) is 0 Å². The Morgan fingerprint density at radius 2 is 1.74 bits per heavy atom. The van der Waals surface area contributed by atoms with E-state index in [4.69, 9.17) is 0 Å². The lowest BCUT2D eigenvalue weighted by Crippen LogP contribution is -2.16. The third-order valence-electron chi connectivity index (χ3n) is 4.01. The molecule has 4 rings (SSSR count). The van der Waals surface area contributed by atoms with Crippen LogP contribution in [0.1, 0.15) is 10.4 Å². The van der Waals surface area contributed by atoms with E-state index >= 15 is 0 Å². The number of amides is 1. The van der Waals surface area contributed by atoms with Crippen LogP contribution in [0.2, 0.25) is 0 Å². The number of rotatable bonds is 4. The molecule has 0 saturated carbocycles. The van der Waals surface area contributed by atoms with Gasteiger partial charge in [-0.15, -0.1) is 0 Å². The average molecular weight is 364 g/mol. The lowest BCUT2D eigenvalue weighted by atomic mass is 10.2. The number of hydrogen-bond donors (Lipinski definition) is 1. The maximum Gasteiger partial charge on any atom is 0.261 e. The second-order valence-electron chi connectivity index (χ2n) is 5.80. The van der Waals surface area contributed by atoms with Gasteiger partial charge in [0.05, 0.1) is 17.6 Å². The highest BCUT2D eigenvalue weighted by Gasteiger charge is 2.21. The number of nitrogens with one attached hydrogen (secondary N) is 1. The van der Waals surface area contributed by atoms with E-state index in [1.54, 1.807) is 47.3 Å². The summed E-state index contributed by atoms with van der Waals surface area (Å²) in [6, 6.07) is 15.4. The zero-order valence-electron chi connectivity index (χ0n) is 14.0. The first-order chi connectivity index (χ1) is 13.1. The van der Waals surface area contributed by atoms with Crippen LogP contribution < -0.4 is 5.32 Å². The molecule has 1 amide bonds. The molecule has 7 heteroatoms. The van der Waals surface area contributed by atoms with Gasteiger partial charge < -0.3 is 9.88 Å². The molecule has 1 N–H and O–H groups in total. The first kappa shape index (κ1) is 16.7. The Hall–Kier alpha value is -3.74. The molecule has 134 valence electrons. The molecule has 0 saturated heterocycles. The second-order valence-corrected chi connectivity index (χ2v) is 5.80. The van der Waals surface area contributed by atoms with Crippen LogP contribution >= 0.6 is 0 Å². The Morgan fingerprint density at radius 3 is 2.48 bits per heavy atom. The highest BCUT2D eigenvalue weighted by molar-refractivity contribution is 6.06. The zero-order chi connectivity index (χ0) is 18.8. The van der Waals surface area contributed by atoms with Crippen molar-refractivity contribution in [3.63, 3.8) is 0 Å². The van der Waals surface area contributed by atoms with Crippen molar-refractivity contribution in [1.29, 1.82) is 0 Å². The molecule has 0 atom stereocenters. The summed E-state index contributed by atoms with van der Waals surface area (Å²) in [5, 5.41) is 6.79. The molecule has 2 aromatic heterocycles. The minimum Gasteiger partial charge on any atom is -0.319 e. The molecule has 27 heavy (non-hydrogen) atoms. The molecule has 0 radical (unpaired) electrons. The quantitative estimate of drug-likeness (QED) is 0.590. The van der Waals surface area contributed by atoms with Crippen LogP contribution in [0.25, 0.3) is 11.5 Å². The number of anilines is 1. The zero-order valence-corrected chi connectivity index (χ0v) is 14.0. The van der Waals surface area contributed by atoms with E-state index in [2.05, 4.69) is 10.4 Å². The van der Waals surface area contributed by atoms with Crippen molar-refractivity contribution >= 4 is 11.6 Å². The Morgan fingerprint density at radius 1 is 0.963 bits per heavy atom. The van der Waals surface area contributed by atoms with E-state index in [9.17, 15) is 13.6 Å². The molecule has 2 heterocycles. The van der Waals surface area contributed by atoms with Crippen molar-refractivity contribution in [2.75, 3.05) is 5.32 Å². The van der Waals surface area contributed by atoms with Gasteiger partial charge in [0.25, 0.3) is 5.91 Å². The molecule has 4 aromatic rings. The Labute approximate surface area is 153 Å². The predicted molar refractivity (Wildman–Crippen MR) is 97.2 cm³/mol. The molecule has 0 aliphatic rings. The summed E-state index contributed by atoms with van der Waals surface area (Å²) in [7, 11) is 0. The third-order valence-corrected chi connectivity index (χ3v) is 4.01. The smallest absolute Gasteiger partial charge is 0.261 e. The molecule has 0 bridgehead atoms. The number of aromatic nitrogens is 3. The number of hydrogen-bond acceptors (Lipinski definition) is 2. The fourth-order valence-corrected chi connectivity index (χ4v) is 2.78. The maximum atomic E-state index is 13.9. The monoisotopic (exact) mass is 364 g/mol. The summed E-state index contributed by atoms with van der Waals surface area (Å²) in [4.78, 5) is 12.8. The first-order valence-corrected chi connectivity index (χ1v) is 8.16. The minimum atomic E-state index is -0.536. The summed E-state index contributed by atoms with van der Waals surface area (Å²) in [6.45, 7) is 0. The molecule has 0 spiro atoms. The third kappa shape index (κ3) is 3.22. The van der Waals surface area contributed by atoms with Gasteiger partial charge in [-0.2, -0.15) is 5.10 Å². The molecule has 0 aliphatic carbocycles. The molecule has 0 aliphatic heterocycles. The van der Waals surface area contributed by atoms with Crippen molar-refractivity contribution in [1.82, 2.24) is 14.3 Å². The topological polar surface area (TPSA) is 51.9 Å². The summed E-state index contributed by atoms with van der Waals surface area (Å²) < 4.78 is 30.7. The number of benzene rings is 2. The Balaban J connectivity index is 1.80. The van der Waals surface area contributed by atoms with Crippen LogP contribution in [0.4, 0.5) is 14.5 Å². The first-order valence-electron chi connectivity index (χ1n) is 8.16. The van der Waals surface area contributed by atoms with E-state index < -0.39 is 17.5 Å². The van der Waals surface area contributed by atoms with Gasteiger partial charge in [-0.05, 0) is 42.5 Å². The fourth-order valence-electron chi connectivity index (χ4n) is 2.78. The minimum absolute atomic E-state index is 0.0689. The summed E-state index contributed by atoms with van der Waals surface area (Å²) in [5.41, 5.74) is 0.752. The molecule has 5 nitrogen and oxygen atoms in total. The normalized spacial score (nSPS) is 10.7. The molecular formula is C20H14F2N4O. The number of nitrogens with zero attached hydrogens (tertiary/aromatic N) is 3. The van der Waals surface area contributed by atoms with Gasteiger partial charge in [0, 0.05) is 12.4 Å². The van der Waals surface area contributed by atoms with Gasteiger partial charge in [0.2, 0.25) is 0 Å². The Kier molecular flexibility index (Phi) is 4.25. The molecule has 0 fully saturated rings. The van der Waals surface area contributed by atoms with Gasteiger partial charge in [-0.1, -0.05) is 18.2 Å². The van der Waals surface area contributed by atoms with Crippen LogP contribution in [-0.2, 0) is 0 Å². The van der Waals surface area contributed by atoms with Crippen LogP contribution in [-0.4, -0.2) is 20.3 Å². The average Bonchev–Trinajstić information content (AvgIpc) is 3.32.